The zero-order chi connectivity index (χ0) is 19.5. The fourth-order valence-corrected chi connectivity index (χ4v) is 4.21. The van der Waals surface area contributed by atoms with Crippen molar-refractivity contribution in [1.29, 1.82) is 0 Å². The number of piperazine rings is 1. The van der Waals surface area contributed by atoms with Crippen LogP contribution < -0.4 is 4.90 Å². The van der Waals surface area contributed by atoms with E-state index in [0.717, 1.165) is 48.6 Å². The lowest BCUT2D eigenvalue weighted by Gasteiger charge is -2.35. The second-order valence-corrected chi connectivity index (χ2v) is 7.81. The van der Waals surface area contributed by atoms with Gasteiger partial charge < -0.3 is 9.80 Å². The summed E-state index contributed by atoms with van der Waals surface area (Å²) in [6, 6.07) is 7.81. The molecule has 0 unspecified atom stereocenters. The molecule has 4 rings (SSSR count). The first-order valence-electron chi connectivity index (χ1n) is 9.34. The number of aromatic nitrogens is 2. The lowest BCUT2D eigenvalue weighted by atomic mass is 10.1. The van der Waals surface area contributed by atoms with Gasteiger partial charge in [-0.25, -0.2) is 14.4 Å². The van der Waals surface area contributed by atoms with E-state index in [4.69, 9.17) is 0 Å². The number of thiophene rings is 1. The molecule has 3 aromatic rings. The number of carbonyl (C=O) groups excluding carboxylic acids is 1. The van der Waals surface area contributed by atoms with Gasteiger partial charge in [0.15, 0.2) is 5.78 Å². The Balaban J connectivity index is 1.40. The predicted octanol–water partition coefficient (Wildman–Crippen LogP) is 3.91. The predicted molar refractivity (Wildman–Crippen MR) is 110 cm³/mol. The summed E-state index contributed by atoms with van der Waals surface area (Å²) in [7, 11) is 0. The number of carbonyl (C=O) groups is 1. The number of ketones is 1. The molecule has 0 aliphatic carbocycles. The SMILES string of the molecule is CCc1cc2c(N3CCN(C=CC(=O)c4ccc(F)cc4)CC3)ncnc2s1. The quantitative estimate of drug-likeness (QED) is 0.483. The van der Waals surface area contributed by atoms with Crippen molar-refractivity contribution in [3.05, 3.63) is 65.2 Å². The van der Waals surface area contributed by atoms with Crippen molar-refractivity contribution in [3.8, 4) is 0 Å². The fourth-order valence-electron chi connectivity index (χ4n) is 3.29. The first-order valence-corrected chi connectivity index (χ1v) is 10.2. The van der Waals surface area contributed by atoms with Crippen LogP contribution in [0.4, 0.5) is 10.2 Å². The molecule has 0 bridgehead atoms. The van der Waals surface area contributed by atoms with Crippen LogP contribution in [-0.2, 0) is 6.42 Å². The van der Waals surface area contributed by atoms with Crippen molar-refractivity contribution in [2.45, 2.75) is 13.3 Å². The molecule has 0 saturated carbocycles. The number of allylic oxidation sites excluding steroid dienone is 1. The van der Waals surface area contributed by atoms with Gasteiger partial charge in [0.2, 0.25) is 0 Å². The number of rotatable bonds is 5. The minimum Gasteiger partial charge on any atom is -0.374 e. The molecule has 28 heavy (non-hydrogen) atoms. The molecular weight excluding hydrogens is 375 g/mol. The van der Waals surface area contributed by atoms with Crippen LogP contribution in [0, 0.1) is 5.82 Å². The molecule has 144 valence electrons. The van der Waals surface area contributed by atoms with Crippen molar-refractivity contribution in [1.82, 2.24) is 14.9 Å². The summed E-state index contributed by atoms with van der Waals surface area (Å²) < 4.78 is 13.0. The van der Waals surface area contributed by atoms with E-state index in [9.17, 15) is 9.18 Å². The normalized spacial score (nSPS) is 14.9. The number of fused-ring (bicyclic) bond motifs is 1. The molecule has 1 aliphatic rings. The summed E-state index contributed by atoms with van der Waals surface area (Å²) in [5.74, 6) is 0.532. The largest absolute Gasteiger partial charge is 0.374 e. The van der Waals surface area contributed by atoms with Gasteiger partial charge in [-0.1, -0.05) is 6.92 Å². The van der Waals surface area contributed by atoms with Crippen molar-refractivity contribution < 1.29 is 9.18 Å². The second-order valence-electron chi connectivity index (χ2n) is 6.69. The highest BCUT2D eigenvalue weighted by Crippen LogP contribution is 2.30. The zero-order valence-corrected chi connectivity index (χ0v) is 16.5. The first kappa shape index (κ1) is 18.6. The van der Waals surface area contributed by atoms with Crippen LogP contribution in [0.5, 0.6) is 0 Å². The average Bonchev–Trinajstić information content (AvgIpc) is 3.16. The van der Waals surface area contributed by atoms with Crippen LogP contribution in [0.15, 0.2) is 48.9 Å². The fraction of sp³-hybridized carbons (Fsp3) is 0.286. The third kappa shape index (κ3) is 3.89. The summed E-state index contributed by atoms with van der Waals surface area (Å²) >= 11 is 1.73. The maximum absolute atomic E-state index is 13.0. The molecule has 2 aromatic heterocycles. The van der Waals surface area contributed by atoms with Crippen LogP contribution in [0.1, 0.15) is 22.2 Å². The van der Waals surface area contributed by atoms with E-state index in [1.165, 1.54) is 29.1 Å². The third-order valence-corrected chi connectivity index (χ3v) is 6.07. The van der Waals surface area contributed by atoms with E-state index in [1.54, 1.807) is 23.7 Å². The van der Waals surface area contributed by atoms with E-state index in [1.807, 2.05) is 6.20 Å². The standard InChI is InChI=1S/C21H21FN4OS/c1-2-17-13-18-20(23-14-24-21(18)28-17)26-11-9-25(10-12-26)8-7-19(27)15-3-5-16(22)6-4-15/h3-8,13-14H,2,9-12H2,1H3. The number of anilines is 1. The van der Waals surface area contributed by atoms with Crippen LogP contribution >= 0.6 is 11.3 Å². The van der Waals surface area contributed by atoms with Crippen LogP contribution in [0.2, 0.25) is 0 Å². The second kappa shape index (κ2) is 8.06. The number of benzene rings is 1. The van der Waals surface area contributed by atoms with Crippen LogP contribution in [0.25, 0.3) is 10.2 Å². The Morgan fingerprint density at radius 2 is 1.93 bits per heavy atom. The molecule has 7 heteroatoms. The molecule has 3 heterocycles. The maximum Gasteiger partial charge on any atom is 0.187 e. The summed E-state index contributed by atoms with van der Waals surface area (Å²) in [5.41, 5.74) is 0.490. The number of aryl methyl sites for hydroxylation is 1. The lowest BCUT2D eigenvalue weighted by Crippen LogP contribution is -2.44. The van der Waals surface area contributed by atoms with E-state index in [-0.39, 0.29) is 11.6 Å². The van der Waals surface area contributed by atoms with Crippen LogP contribution in [0.3, 0.4) is 0 Å². The highest BCUT2D eigenvalue weighted by molar-refractivity contribution is 7.18. The Morgan fingerprint density at radius 1 is 1.18 bits per heavy atom. The summed E-state index contributed by atoms with van der Waals surface area (Å²) in [6.07, 6.45) is 6.03. The van der Waals surface area contributed by atoms with Crippen molar-refractivity contribution in [2.75, 3.05) is 31.1 Å². The highest BCUT2D eigenvalue weighted by Gasteiger charge is 2.19. The van der Waals surface area contributed by atoms with E-state index in [0.29, 0.717) is 5.56 Å². The molecule has 0 atom stereocenters. The molecule has 1 fully saturated rings. The lowest BCUT2D eigenvalue weighted by molar-refractivity contribution is 0.104. The van der Waals surface area contributed by atoms with Gasteiger partial charge in [0.25, 0.3) is 0 Å². The average molecular weight is 396 g/mol. The minimum atomic E-state index is -0.341. The molecule has 0 radical (unpaired) electrons. The third-order valence-electron chi connectivity index (χ3n) is 4.89. The Hall–Kier alpha value is -2.80. The van der Waals surface area contributed by atoms with Gasteiger partial charge in [-0.15, -0.1) is 11.3 Å². The van der Waals surface area contributed by atoms with E-state index in [2.05, 4.69) is 32.8 Å². The number of nitrogens with zero attached hydrogens (tertiary/aromatic N) is 4. The molecular formula is C21H21FN4OS. The Kier molecular flexibility index (Phi) is 5.34. The van der Waals surface area contributed by atoms with Gasteiger partial charge >= 0.3 is 0 Å². The van der Waals surface area contributed by atoms with Gasteiger partial charge in [0, 0.05) is 48.9 Å². The van der Waals surface area contributed by atoms with Gasteiger partial charge in [-0.05, 0) is 36.8 Å². The highest BCUT2D eigenvalue weighted by atomic mass is 32.1. The molecule has 0 amide bonds. The molecule has 0 N–H and O–H groups in total. The molecule has 1 aromatic carbocycles. The smallest absolute Gasteiger partial charge is 0.187 e. The van der Waals surface area contributed by atoms with Gasteiger partial charge in [-0.3, -0.25) is 4.79 Å². The van der Waals surface area contributed by atoms with Gasteiger partial charge in [0.1, 0.15) is 22.8 Å². The van der Waals surface area contributed by atoms with Crippen molar-refractivity contribution in [2.24, 2.45) is 0 Å². The Bertz CT molecular complexity index is 1010. The zero-order valence-electron chi connectivity index (χ0n) is 15.6. The Morgan fingerprint density at radius 3 is 2.64 bits per heavy atom. The molecule has 5 nitrogen and oxygen atoms in total. The maximum atomic E-state index is 13.0. The monoisotopic (exact) mass is 396 g/mol. The molecule has 1 saturated heterocycles. The minimum absolute atomic E-state index is 0.120. The topological polar surface area (TPSA) is 49.3 Å². The van der Waals surface area contributed by atoms with Gasteiger partial charge in [-0.2, -0.15) is 0 Å². The first-order chi connectivity index (χ1) is 13.6. The van der Waals surface area contributed by atoms with E-state index < -0.39 is 0 Å². The summed E-state index contributed by atoms with van der Waals surface area (Å²) in [5, 5.41) is 1.12. The Labute approximate surface area is 167 Å². The van der Waals surface area contributed by atoms with E-state index >= 15 is 0 Å². The van der Waals surface area contributed by atoms with Crippen LogP contribution in [-0.4, -0.2) is 46.8 Å². The van der Waals surface area contributed by atoms with Crippen molar-refractivity contribution >= 4 is 33.2 Å². The number of hydrogen-bond donors (Lipinski definition) is 0. The molecule has 1 aliphatic heterocycles. The summed E-state index contributed by atoms with van der Waals surface area (Å²) in [4.78, 5) is 27.9. The number of halogens is 1. The number of hydrogen-bond acceptors (Lipinski definition) is 6. The van der Waals surface area contributed by atoms with Crippen molar-refractivity contribution in [3.63, 3.8) is 0 Å². The molecule has 0 spiro atoms. The van der Waals surface area contributed by atoms with Gasteiger partial charge in [0.05, 0.1) is 5.39 Å². The summed E-state index contributed by atoms with van der Waals surface area (Å²) in [6.45, 7) is 5.43.